The van der Waals surface area contributed by atoms with Crippen molar-refractivity contribution in [3.05, 3.63) is 60.2 Å². The highest BCUT2D eigenvalue weighted by Crippen LogP contribution is 2.25. The molecule has 1 fully saturated rings. The largest absolute Gasteiger partial charge is 0.295 e. The summed E-state index contributed by atoms with van der Waals surface area (Å²) in [7, 11) is -3.22. The second-order valence-corrected chi connectivity index (χ2v) is 7.92. The van der Waals surface area contributed by atoms with Crippen LogP contribution >= 0.6 is 0 Å². The van der Waals surface area contributed by atoms with Gasteiger partial charge in [-0.1, -0.05) is 18.2 Å². The second kappa shape index (κ2) is 5.68. The van der Waals surface area contributed by atoms with Crippen molar-refractivity contribution in [2.75, 3.05) is 12.3 Å². The molecule has 1 aliphatic rings. The van der Waals surface area contributed by atoms with Crippen LogP contribution in [0.5, 0.6) is 0 Å². The first-order chi connectivity index (χ1) is 11.5. The average Bonchev–Trinajstić information content (AvgIpc) is 3.08. The lowest BCUT2D eigenvalue weighted by atomic mass is 10.2. The highest BCUT2D eigenvalue weighted by Gasteiger charge is 2.30. The van der Waals surface area contributed by atoms with Crippen molar-refractivity contribution >= 4 is 21.1 Å². The molecule has 0 bridgehead atoms. The average molecular weight is 345 g/mol. The summed E-state index contributed by atoms with van der Waals surface area (Å²) in [6.07, 6.45) is 0.628. The van der Waals surface area contributed by atoms with Crippen molar-refractivity contribution in [1.29, 1.82) is 0 Å². The van der Waals surface area contributed by atoms with Gasteiger partial charge in [-0.05, 0) is 30.7 Å². The normalized spacial score (nSPS) is 17.5. The van der Waals surface area contributed by atoms with E-state index in [-0.39, 0.29) is 18.1 Å². The van der Waals surface area contributed by atoms with E-state index in [1.54, 1.807) is 6.07 Å². The van der Waals surface area contributed by atoms with Gasteiger partial charge < -0.3 is 0 Å². The van der Waals surface area contributed by atoms with E-state index in [4.69, 9.17) is 0 Å². The maximum atomic E-state index is 13.7. The molecule has 5 nitrogen and oxygen atoms in total. The molecular weight excluding hydrogens is 329 g/mol. The molecular formula is C17H16FN3O2S. The van der Waals surface area contributed by atoms with Gasteiger partial charge in [0.2, 0.25) is 10.0 Å². The lowest BCUT2D eigenvalue weighted by molar-refractivity contribution is 0.427. The van der Waals surface area contributed by atoms with Crippen LogP contribution in [0.15, 0.2) is 48.5 Å². The zero-order valence-electron chi connectivity index (χ0n) is 12.9. The molecule has 2 heterocycles. The first kappa shape index (κ1) is 15.3. The van der Waals surface area contributed by atoms with Gasteiger partial charge in [0.05, 0.1) is 23.3 Å². The van der Waals surface area contributed by atoms with E-state index in [0.717, 1.165) is 5.69 Å². The third kappa shape index (κ3) is 2.59. The number of aromatic nitrogens is 2. The van der Waals surface area contributed by atoms with Crippen molar-refractivity contribution in [2.24, 2.45) is 0 Å². The number of benzene rings is 2. The summed E-state index contributed by atoms with van der Waals surface area (Å²) in [6.45, 7) is 0.683. The van der Waals surface area contributed by atoms with Gasteiger partial charge in [0.1, 0.15) is 11.6 Å². The molecule has 2 aromatic carbocycles. The second-order valence-electron chi connectivity index (χ2n) is 5.84. The molecule has 124 valence electrons. The molecule has 1 aliphatic heterocycles. The molecule has 0 N–H and O–H groups in total. The molecule has 0 amide bonds. The van der Waals surface area contributed by atoms with E-state index in [1.807, 2.05) is 34.9 Å². The molecule has 3 aromatic rings. The maximum Gasteiger partial charge on any atom is 0.214 e. The summed E-state index contributed by atoms with van der Waals surface area (Å²) in [5, 5.41) is 0. The molecule has 24 heavy (non-hydrogen) atoms. The maximum absolute atomic E-state index is 13.7. The van der Waals surface area contributed by atoms with Crippen molar-refractivity contribution in [2.45, 2.75) is 13.0 Å². The van der Waals surface area contributed by atoms with Crippen LogP contribution in [0.25, 0.3) is 16.7 Å². The van der Waals surface area contributed by atoms with E-state index in [0.29, 0.717) is 29.8 Å². The summed E-state index contributed by atoms with van der Waals surface area (Å²) in [5.41, 5.74) is 2.11. The number of hydrogen-bond donors (Lipinski definition) is 0. The molecule has 0 saturated carbocycles. The molecule has 0 atom stereocenters. The topological polar surface area (TPSA) is 55.2 Å². The molecule has 0 aliphatic carbocycles. The third-order valence-electron chi connectivity index (χ3n) is 4.22. The molecule has 7 heteroatoms. The van der Waals surface area contributed by atoms with Crippen LogP contribution in [0, 0.1) is 5.82 Å². The molecule has 4 rings (SSSR count). The van der Waals surface area contributed by atoms with E-state index in [2.05, 4.69) is 4.98 Å². The Morgan fingerprint density at radius 2 is 1.92 bits per heavy atom. The van der Waals surface area contributed by atoms with Crippen LogP contribution in [0.4, 0.5) is 4.39 Å². The number of fused-ring (bicyclic) bond motifs is 1. The minimum Gasteiger partial charge on any atom is -0.295 e. The molecule has 0 radical (unpaired) electrons. The monoisotopic (exact) mass is 345 g/mol. The Balaban J connectivity index is 1.88. The fraction of sp³-hybridized carbons (Fsp3) is 0.235. The van der Waals surface area contributed by atoms with Gasteiger partial charge >= 0.3 is 0 Å². The van der Waals surface area contributed by atoms with Gasteiger partial charge in [0.15, 0.2) is 0 Å². The number of nitrogens with zero attached hydrogens (tertiary/aromatic N) is 3. The Morgan fingerprint density at radius 3 is 2.62 bits per heavy atom. The Labute approximate surface area is 139 Å². The lowest BCUT2D eigenvalue weighted by Gasteiger charge is -2.15. The van der Waals surface area contributed by atoms with Gasteiger partial charge in [0.25, 0.3) is 0 Å². The van der Waals surface area contributed by atoms with Crippen LogP contribution in [-0.2, 0) is 16.6 Å². The Bertz CT molecular complexity index is 999. The Morgan fingerprint density at radius 1 is 1.12 bits per heavy atom. The van der Waals surface area contributed by atoms with Crippen LogP contribution in [0.1, 0.15) is 12.2 Å². The number of para-hydroxylation sites is 1. The molecule has 0 spiro atoms. The molecule has 0 unspecified atom stereocenters. The highest BCUT2D eigenvalue weighted by atomic mass is 32.2. The quantitative estimate of drug-likeness (QED) is 0.733. The fourth-order valence-corrected chi connectivity index (χ4v) is 4.57. The van der Waals surface area contributed by atoms with E-state index >= 15 is 0 Å². The number of imidazole rings is 1. The summed E-state index contributed by atoms with van der Waals surface area (Å²) in [5.74, 6) is 0.417. The highest BCUT2D eigenvalue weighted by molar-refractivity contribution is 7.89. The minimum absolute atomic E-state index is 0.174. The number of halogens is 1. The summed E-state index contributed by atoms with van der Waals surface area (Å²) < 4.78 is 41.2. The zero-order chi connectivity index (χ0) is 16.7. The number of rotatable bonds is 3. The van der Waals surface area contributed by atoms with Crippen molar-refractivity contribution < 1.29 is 12.8 Å². The van der Waals surface area contributed by atoms with Crippen molar-refractivity contribution in [1.82, 2.24) is 13.9 Å². The van der Waals surface area contributed by atoms with Crippen LogP contribution in [0.3, 0.4) is 0 Å². The number of sulfonamides is 1. The number of hydrogen-bond acceptors (Lipinski definition) is 3. The standard InChI is InChI=1S/C17H16FN3O2S/c18-13-7-8-15-16(11-13)21(14-5-2-1-3-6-14)17(19-15)12-20-9-4-10-24(20,22)23/h1-3,5-8,11H,4,9-10,12H2. The molecule has 1 aromatic heterocycles. The Kier molecular flexibility index (Phi) is 3.62. The minimum atomic E-state index is -3.22. The zero-order valence-corrected chi connectivity index (χ0v) is 13.7. The van der Waals surface area contributed by atoms with Crippen molar-refractivity contribution in [3.8, 4) is 5.69 Å². The van der Waals surface area contributed by atoms with Gasteiger partial charge in [-0.15, -0.1) is 0 Å². The summed E-state index contributed by atoms with van der Waals surface area (Å²) in [4.78, 5) is 4.55. The summed E-state index contributed by atoms with van der Waals surface area (Å²) in [6, 6.07) is 13.9. The van der Waals surface area contributed by atoms with Crippen LogP contribution in [0.2, 0.25) is 0 Å². The van der Waals surface area contributed by atoms with E-state index in [1.165, 1.54) is 16.4 Å². The SMILES string of the molecule is O=S1(=O)CCCN1Cc1nc2ccc(F)cc2n1-c1ccccc1. The first-order valence-electron chi connectivity index (χ1n) is 7.75. The predicted octanol–water partition coefficient (Wildman–Crippen LogP) is 2.70. The van der Waals surface area contributed by atoms with Gasteiger partial charge in [0, 0.05) is 18.3 Å². The van der Waals surface area contributed by atoms with Crippen molar-refractivity contribution in [3.63, 3.8) is 0 Å². The van der Waals surface area contributed by atoms with E-state index < -0.39 is 10.0 Å². The third-order valence-corrected chi connectivity index (χ3v) is 6.12. The van der Waals surface area contributed by atoms with Gasteiger partial charge in [-0.2, -0.15) is 4.31 Å². The summed E-state index contributed by atoms with van der Waals surface area (Å²) >= 11 is 0. The smallest absolute Gasteiger partial charge is 0.214 e. The van der Waals surface area contributed by atoms with Gasteiger partial charge in [-0.25, -0.2) is 17.8 Å². The van der Waals surface area contributed by atoms with Crippen LogP contribution in [-0.4, -0.2) is 34.6 Å². The first-order valence-corrected chi connectivity index (χ1v) is 9.36. The fourth-order valence-electron chi connectivity index (χ4n) is 3.10. The van der Waals surface area contributed by atoms with Gasteiger partial charge in [-0.3, -0.25) is 4.57 Å². The van der Waals surface area contributed by atoms with Crippen LogP contribution < -0.4 is 0 Å². The molecule has 1 saturated heterocycles. The Hall–Kier alpha value is -2.25. The predicted molar refractivity (Wildman–Crippen MR) is 89.8 cm³/mol. The van der Waals surface area contributed by atoms with E-state index in [9.17, 15) is 12.8 Å². The lowest BCUT2D eigenvalue weighted by Crippen LogP contribution is -2.26.